The predicted molar refractivity (Wildman–Crippen MR) is 76.6 cm³/mol. The molecule has 2 rings (SSSR count). The van der Waals surface area contributed by atoms with Crippen LogP contribution in [0.3, 0.4) is 0 Å². The second kappa shape index (κ2) is 7.46. The van der Waals surface area contributed by atoms with E-state index in [9.17, 15) is 0 Å². The summed E-state index contributed by atoms with van der Waals surface area (Å²) in [5.41, 5.74) is 0.921. The predicted octanol–water partition coefficient (Wildman–Crippen LogP) is 2.25. The number of hydrogen-bond donors (Lipinski definition) is 1. The summed E-state index contributed by atoms with van der Waals surface area (Å²) in [4.78, 5) is 10.1. The number of nitrogens with one attached hydrogen (secondary N) is 1. The van der Waals surface area contributed by atoms with Gasteiger partial charge in [-0.25, -0.2) is 9.97 Å². The normalized spacial score (nSPS) is 19.0. The zero-order valence-electron chi connectivity index (χ0n) is 10.2. The molecule has 1 saturated heterocycles. The third-order valence-corrected chi connectivity index (χ3v) is 3.46. The van der Waals surface area contributed by atoms with Crippen molar-refractivity contribution in [2.24, 2.45) is 5.92 Å². The lowest BCUT2D eigenvalue weighted by atomic mass is 10.1. The monoisotopic (exact) mass is 310 g/mol. The molecule has 0 amide bonds. The van der Waals surface area contributed by atoms with Crippen molar-refractivity contribution >= 4 is 35.6 Å². The Bertz CT molecular complexity index is 383. The van der Waals surface area contributed by atoms with E-state index in [1.54, 1.807) is 6.20 Å². The third-order valence-electron chi connectivity index (χ3n) is 2.95. The van der Waals surface area contributed by atoms with Crippen molar-refractivity contribution in [1.82, 2.24) is 20.2 Å². The van der Waals surface area contributed by atoms with Gasteiger partial charge in [-0.2, -0.15) is 0 Å². The number of nitrogens with zero attached hydrogens (tertiary/aromatic N) is 3. The minimum absolute atomic E-state index is 0. The number of rotatable bonds is 4. The first-order valence-electron chi connectivity index (χ1n) is 5.71. The smallest absolute Gasteiger partial charge is 0.223 e. The van der Waals surface area contributed by atoms with Gasteiger partial charge in [-0.15, -0.1) is 12.4 Å². The van der Waals surface area contributed by atoms with Gasteiger partial charge in [0.15, 0.2) is 0 Å². The molecule has 18 heavy (non-hydrogen) atoms. The molecule has 7 heteroatoms. The summed E-state index contributed by atoms with van der Waals surface area (Å²) in [6.07, 6.45) is 2.94. The van der Waals surface area contributed by atoms with Crippen molar-refractivity contribution < 1.29 is 0 Å². The average molecular weight is 312 g/mol. The summed E-state index contributed by atoms with van der Waals surface area (Å²) in [5.74, 6) is 0.729. The van der Waals surface area contributed by atoms with E-state index in [1.807, 2.05) is 0 Å². The van der Waals surface area contributed by atoms with Gasteiger partial charge in [-0.3, -0.25) is 0 Å². The third kappa shape index (κ3) is 4.52. The van der Waals surface area contributed by atoms with Crippen molar-refractivity contribution in [3.05, 3.63) is 22.2 Å². The summed E-state index contributed by atoms with van der Waals surface area (Å²) in [6.45, 7) is 4.05. The molecule has 1 unspecified atom stereocenters. The first-order valence-corrected chi connectivity index (χ1v) is 6.47. The summed E-state index contributed by atoms with van der Waals surface area (Å²) in [6, 6.07) is 0. The van der Waals surface area contributed by atoms with E-state index in [1.165, 1.54) is 6.42 Å². The van der Waals surface area contributed by atoms with Crippen LogP contribution in [0, 0.1) is 5.92 Å². The van der Waals surface area contributed by atoms with Gasteiger partial charge < -0.3 is 10.2 Å². The van der Waals surface area contributed by atoms with Crippen LogP contribution in [0.1, 0.15) is 12.0 Å². The van der Waals surface area contributed by atoms with Crippen LogP contribution in [-0.2, 0) is 6.54 Å². The highest BCUT2D eigenvalue weighted by Gasteiger charge is 2.17. The van der Waals surface area contributed by atoms with Crippen LogP contribution in [0.5, 0.6) is 0 Å². The number of aromatic nitrogens is 2. The van der Waals surface area contributed by atoms with Crippen LogP contribution in [0.15, 0.2) is 6.20 Å². The van der Waals surface area contributed by atoms with Gasteiger partial charge in [0.1, 0.15) is 5.15 Å². The van der Waals surface area contributed by atoms with Crippen LogP contribution in [-0.4, -0.2) is 41.5 Å². The van der Waals surface area contributed by atoms with Crippen LogP contribution >= 0.6 is 35.6 Å². The van der Waals surface area contributed by atoms with Gasteiger partial charge in [0.2, 0.25) is 5.28 Å². The molecule has 4 nitrogen and oxygen atoms in total. The average Bonchev–Trinajstić information content (AvgIpc) is 2.75. The molecule has 1 N–H and O–H groups in total. The second-order valence-electron chi connectivity index (χ2n) is 4.51. The largest absolute Gasteiger partial charge is 0.316 e. The Hall–Kier alpha value is -0.130. The maximum atomic E-state index is 6.02. The first-order chi connectivity index (χ1) is 8.15. The standard InChI is InChI=1S/C11H16Cl2N4.ClH/c1-17(6-8-2-3-14-4-8)7-9-5-15-11(13)16-10(9)12;/h5,8,14H,2-4,6-7H2,1H3;1H. The van der Waals surface area contributed by atoms with Crippen LogP contribution in [0.25, 0.3) is 0 Å². The molecule has 1 atom stereocenters. The Morgan fingerprint density at radius 1 is 1.50 bits per heavy atom. The molecule has 102 valence electrons. The van der Waals surface area contributed by atoms with E-state index >= 15 is 0 Å². The molecule has 1 aliphatic heterocycles. The Morgan fingerprint density at radius 3 is 2.89 bits per heavy atom. The van der Waals surface area contributed by atoms with E-state index in [2.05, 4.69) is 27.2 Å². The van der Waals surface area contributed by atoms with Gasteiger partial charge in [-0.05, 0) is 44.1 Å². The zero-order valence-corrected chi connectivity index (χ0v) is 12.5. The second-order valence-corrected chi connectivity index (χ2v) is 5.21. The highest BCUT2D eigenvalue weighted by molar-refractivity contribution is 6.32. The molecule has 0 saturated carbocycles. The highest BCUT2D eigenvalue weighted by atomic mass is 35.5. The molecule has 0 aromatic carbocycles. The molecular formula is C11H17Cl3N4. The van der Waals surface area contributed by atoms with Crippen molar-refractivity contribution in [2.75, 3.05) is 26.7 Å². The van der Waals surface area contributed by atoms with Crippen LogP contribution in [0.2, 0.25) is 10.4 Å². The first kappa shape index (κ1) is 15.9. The molecule has 1 fully saturated rings. The zero-order chi connectivity index (χ0) is 12.3. The van der Waals surface area contributed by atoms with Crippen molar-refractivity contribution in [1.29, 1.82) is 0 Å². The fourth-order valence-electron chi connectivity index (χ4n) is 2.14. The van der Waals surface area contributed by atoms with E-state index < -0.39 is 0 Å². The van der Waals surface area contributed by atoms with E-state index in [-0.39, 0.29) is 17.7 Å². The van der Waals surface area contributed by atoms with Gasteiger partial charge >= 0.3 is 0 Å². The van der Waals surface area contributed by atoms with Crippen molar-refractivity contribution in [3.8, 4) is 0 Å². The topological polar surface area (TPSA) is 41.1 Å². The number of hydrogen-bond acceptors (Lipinski definition) is 4. The maximum absolute atomic E-state index is 6.02. The van der Waals surface area contributed by atoms with Crippen LogP contribution < -0.4 is 5.32 Å². The molecule has 0 aliphatic carbocycles. The van der Waals surface area contributed by atoms with Crippen molar-refractivity contribution in [2.45, 2.75) is 13.0 Å². The molecule has 1 aliphatic rings. The van der Waals surface area contributed by atoms with E-state index in [4.69, 9.17) is 23.2 Å². The lowest BCUT2D eigenvalue weighted by molar-refractivity contribution is 0.278. The quantitative estimate of drug-likeness (QED) is 0.684. The molecule has 2 heterocycles. The van der Waals surface area contributed by atoms with E-state index in [0.29, 0.717) is 5.15 Å². The minimum Gasteiger partial charge on any atom is -0.316 e. The lowest BCUT2D eigenvalue weighted by Crippen LogP contribution is -2.26. The fraction of sp³-hybridized carbons (Fsp3) is 0.636. The van der Waals surface area contributed by atoms with Gasteiger partial charge in [0, 0.05) is 24.8 Å². The minimum atomic E-state index is 0. The van der Waals surface area contributed by atoms with Gasteiger partial charge in [-0.1, -0.05) is 11.6 Å². The molecule has 0 spiro atoms. The Kier molecular flexibility index (Phi) is 6.60. The fourth-order valence-corrected chi connectivity index (χ4v) is 2.50. The Morgan fingerprint density at radius 2 is 2.28 bits per heavy atom. The van der Waals surface area contributed by atoms with Gasteiger partial charge in [0.05, 0.1) is 0 Å². The molecule has 0 radical (unpaired) electrons. The SMILES string of the molecule is CN(Cc1cnc(Cl)nc1Cl)CC1CCNC1.Cl. The van der Waals surface area contributed by atoms with Crippen molar-refractivity contribution in [3.63, 3.8) is 0 Å². The summed E-state index contributed by atoms with van der Waals surface area (Å²) >= 11 is 11.7. The summed E-state index contributed by atoms with van der Waals surface area (Å²) < 4.78 is 0. The van der Waals surface area contributed by atoms with Crippen LogP contribution in [0.4, 0.5) is 0 Å². The highest BCUT2D eigenvalue weighted by Crippen LogP contribution is 2.17. The van der Waals surface area contributed by atoms with Gasteiger partial charge in [0.25, 0.3) is 0 Å². The lowest BCUT2D eigenvalue weighted by Gasteiger charge is -2.20. The molecule has 0 bridgehead atoms. The summed E-state index contributed by atoms with van der Waals surface area (Å²) in [7, 11) is 2.09. The maximum Gasteiger partial charge on any atom is 0.223 e. The molecular weight excluding hydrogens is 295 g/mol. The van der Waals surface area contributed by atoms with E-state index in [0.717, 1.165) is 37.7 Å². The number of halogens is 3. The molecule has 1 aromatic rings. The Labute approximate surface area is 123 Å². The Balaban J connectivity index is 0.00000162. The molecule has 1 aromatic heterocycles. The summed E-state index contributed by atoms with van der Waals surface area (Å²) in [5, 5.41) is 4.01.